The predicted octanol–water partition coefficient (Wildman–Crippen LogP) is 1.82. The van der Waals surface area contributed by atoms with Gasteiger partial charge in [0.25, 0.3) is 5.91 Å². The lowest BCUT2D eigenvalue weighted by Crippen LogP contribution is -2.26. The second kappa shape index (κ2) is 6.36. The fourth-order valence-corrected chi connectivity index (χ4v) is 2.71. The molecule has 1 heterocycles. The Morgan fingerprint density at radius 2 is 2.29 bits per heavy atom. The van der Waals surface area contributed by atoms with Gasteiger partial charge in [-0.05, 0) is 18.6 Å². The summed E-state index contributed by atoms with van der Waals surface area (Å²) in [6.07, 6.45) is 0. The van der Waals surface area contributed by atoms with Crippen molar-refractivity contribution < 1.29 is 10.0 Å². The first-order chi connectivity index (χ1) is 10.0. The summed E-state index contributed by atoms with van der Waals surface area (Å²) in [5.74, 6) is -0.0201. The Hall–Kier alpha value is -2.41. The molecule has 0 aliphatic carbocycles. The number of thiazole rings is 1. The molecule has 21 heavy (non-hydrogen) atoms. The van der Waals surface area contributed by atoms with Gasteiger partial charge in [-0.1, -0.05) is 23.4 Å². The third-order valence-electron chi connectivity index (χ3n) is 3.04. The zero-order valence-corrected chi connectivity index (χ0v) is 12.6. The highest BCUT2D eigenvalue weighted by molar-refractivity contribution is 7.11. The van der Waals surface area contributed by atoms with Gasteiger partial charge in [-0.2, -0.15) is 0 Å². The van der Waals surface area contributed by atoms with Gasteiger partial charge in [0.1, 0.15) is 4.88 Å². The Balaban J connectivity index is 2.15. The second-order valence-electron chi connectivity index (χ2n) is 4.61. The van der Waals surface area contributed by atoms with Crippen LogP contribution in [0.25, 0.3) is 0 Å². The molecule has 0 radical (unpaired) electrons. The summed E-state index contributed by atoms with van der Waals surface area (Å²) in [5, 5.41) is 11.7. The van der Waals surface area contributed by atoms with E-state index in [1.165, 1.54) is 11.3 Å². The summed E-state index contributed by atoms with van der Waals surface area (Å²) in [6.45, 7) is 2.25. The molecule has 0 aliphatic heterocycles. The number of hydrogen-bond acceptors (Lipinski definition) is 5. The molecule has 0 bridgehead atoms. The number of aryl methyl sites for hydroxylation is 1. The average molecular weight is 304 g/mol. The largest absolute Gasteiger partial charge is 0.409 e. The zero-order chi connectivity index (χ0) is 15.4. The molecule has 0 saturated heterocycles. The number of nitrogens with zero attached hydrogens (tertiary/aromatic N) is 3. The van der Waals surface area contributed by atoms with Gasteiger partial charge >= 0.3 is 0 Å². The van der Waals surface area contributed by atoms with Crippen LogP contribution >= 0.6 is 11.3 Å². The number of rotatable bonds is 4. The van der Waals surface area contributed by atoms with Crippen molar-refractivity contribution in [2.75, 3.05) is 7.05 Å². The number of carbonyl (C=O) groups is 1. The SMILES string of the molecule is Cc1ncsc1C(=O)N(C)Cc1cccc(C(N)=NO)c1. The van der Waals surface area contributed by atoms with Gasteiger partial charge in [-0.25, -0.2) is 4.98 Å². The van der Waals surface area contributed by atoms with E-state index in [2.05, 4.69) is 10.1 Å². The summed E-state index contributed by atoms with van der Waals surface area (Å²) in [4.78, 5) is 18.7. The van der Waals surface area contributed by atoms with Crippen molar-refractivity contribution in [1.29, 1.82) is 0 Å². The van der Waals surface area contributed by atoms with Crippen LogP contribution in [0.3, 0.4) is 0 Å². The van der Waals surface area contributed by atoms with E-state index in [4.69, 9.17) is 10.9 Å². The van der Waals surface area contributed by atoms with E-state index in [0.717, 1.165) is 11.3 Å². The van der Waals surface area contributed by atoms with Crippen LogP contribution in [0.4, 0.5) is 0 Å². The standard InChI is InChI=1S/C14H16N4O2S/c1-9-12(21-8-16-9)14(19)18(2)7-10-4-3-5-11(6-10)13(15)17-20/h3-6,8,20H,7H2,1-2H3,(H2,15,17). The number of aromatic nitrogens is 1. The van der Waals surface area contributed by atoms with Crippen LogP contribution in [0, 0.1) is 6.92 Å². The van der Waals surface area contributed by atoms with Crippen LogP contribution in [-0.2, 0) is 6.54 Å². The Kier molecular flexibility index (Phi) is 4.54. The highest BCUT2D eigenvalue weighted by Gasteiger charge is 2.16. The quantitative estimate of drug-likeness (QED) is 0.390. The average Bonchev–Trinajstić information content (AvgIpc) is 2.92. The molecule has 2 rings (SSSR count). The molecule has 0 spiro atoms. The van der Waals surface area contributed by atoms with Crippen LogP contribution in [0.15, 0.2) is 34.9 Å². The van der Waals surface area contributed by atoms with Crippen LogP contribution in [0.2, 0.25) is 0 Å². The van der Waals surface area contributed by atoms with Gasteiger partial charge in [0, 0.05) is 19.2 Å². The highest BCUT2D eigenvalue weighted by atomic mass is 32.1. The minimum absolute atomic E-state index is 0.0455. The molecule has 0 aliphatic rings. The fraction of sp³-hybridized carbons (Fsp3) is 0.214. The van der Waals surface area contributed by atoms with Gasteiger partial charge in [-0.15, -0.1) is 11.3 Å². The van der Waals surface area contributed by atoms with Crippen molar-refractivity contribution in [3.05, 3.63) is 51.5 Å². The summed E-state index contributed by atoms with van der Waals surface area (Å²) < 4.78 is 0. The maximum absolute atomic E-state index is 12.3. The molecule has 1 aromatic carbocycles. The molecule has 0 saturated carbocycles. The third-order valence-corrected chi connectivity index (χ3v) is 3.95. The lowest BCUT2D eigenvalue weighted by atomic mass is 10.1. The highest BCUT2D eigenvalue weighted by Crippen LogP contribution is 2.16. The number of amides is 1. The summed E-state index contributed by atoms with van der Waals surface area (Å²) in [5.41, 5.74) is 9.48. The molecule has 0 atom stereocenters. The zero-order valence-electron chi connectivity index (χ0n) is 11.8. The number of oxime groups is 1. The smallest absolute Gasteiger partial charge is 0.265 e. The maximum atomic E-state index is 12.3. The predicted molar refractivity (Wildman–Crippen MR) is 81.6 cm³/mol. The van der Waals surface area contributed by atoms with E-state index >= 15 is 0 Å². The summed E-state index contributed by atoms with van der Waals surface area (Å²) in [7, 11) is 1.73. The number of hydrogen-bond donors (Lipinski definition) is 2. The van der Waals surface area contributed by atoms with Crippen molar-refractivity contribution in [3.8, 4) is 0 Å². The van der Waals surface area contributed by atoms with Crippen LogP contribution in [-0.4, -0.2) is 33.9 Å². The molecule has 0 unspecified atom stereocenters. The summed E-state index contributed by atoms with van der Waals surface area (Å²) in [6, 6.07) is 7.22. The lowest BCUT2D eigenvalue weighted by Gasteiger charge is -2.17. The van der Waals surface area contributed by atoms with E-state index in [0.29, 0.717) is 17.0 Å². The van der Waals surface area contributed by atoms with Crippen molar-refractivity contribution >= 4 is 23.1 Å². The number of benzene rings is 1. The van der Waals surface area contributed by atoms with E-state index in [9.17, 15) is 4.79 Å². The van der Waals surface area contributed by atoms with Crippen molar-refractivity contribution in [1.82, 2.24) is 9.88 Å². The van der Waals surface area contributed by atoms with Crippen LogP contribution < -0.4 is 5.73 Å². The van der Waals surface area contributed by atoms with Crippen LogP contribution in [0.5, 0.6) is 0 Å². The minimum Gasteiger partial charge on any atom is -0.409 e. The van der Waals surface area contributed by atoms with Gasteiger partial charge < -0.3 is 15.8 Å². The number of nitrogens with two attached hydrogens (primary N) is 1. The van der Waals surface area contributed by atoms with Crippen molar-refractivity contribution in [3.63, 3.8) is 0 Å². The monoisotopic (exact) mass is 304 g/mol. The van der Waals surface area contributed by atoms with Crippen molar-refractivity contribution in [2.24, 2.45) is 10.9 Å². The first-order valence-electron chi connectivity index (χ1n) is 6.25. The molecule has 110 valence electrons. The van der Waals surface area contributed by atoms with Gasteiger partial charge in [0.2, 0.25) is 0 Å². The van der Waals surface area contributed by atoms with E-state index < -0.39 is 0 Å². The van der Waals surface area contributed by atoms with Gasteiger partial charge in [-0.3, -0.25) is 4.79 Å². The molecule has 7 heteroatoms. The Labute approximate surface area is 126 Å². The van der Waals surface area contributed by atoms with E-state index in [1.54, 1.807) is 35.7 Å². The molecule has 1 amide bonds. The maximum Gasteiger partial charge on any atom is 0.265 e. The van der Waals surface area contributed by atoms with E-state index in [-0.39, 0.29) is 11.7 Å². The fourth-order valence-electron chi connectivity index (χ4n) is 1.91. The first-order valence-corrected chi connectivity index (χ1v) is 7.13. The molecule has 1 aromatic heterocycles. The Morgan fingerprint density at radius 1 is 1.52 bits per heavy atom. The molecule has 0 fully saturated rings. The van der Waals surface area contributed by atoms with Gasteiger partial charge in [0.05, 0.1) is 11.2 Å². The molecule has 6 nitrogen and oxygen atoms in total. The molecule has 3 N–H and O–H groups in total. The topological polar surface area (TPSA) is 91.8 Å². The molecular weight excluding hydrogens is 288 g/mol. The number of carbonyl (C=O) groups excluding carboxylic acids is 1. The summed E-state index contributed by atoms with van der Waals surface area (Å²) >= 11 is 1.33. The Bertz CT molecular complexity index is 681. The van der Waals surface area contributed by atoms with Gasteiger partial charge in [0.15, 0.2) is 5.84 Å². The minimum atomic E-state index is -0.0656. The number of amidine groups is 1. The third kappa shape index (κ3) is 3.38. The lowest BCUT2D eigenvalue weighted by molar-refractivity contribution is 0.0789. The van der Waals surface area contributed by atoms with Crippen molar-refractivity contribution in [2.45, 2.75) is 13.5 Å². The van der Waals surface area contributed by atoms with Crippen LogP contribution in [0.1, 0.15) is 26.5 Å². The molecule has 2 aromatic rings. The van der Waals surface area contributed by atoms with E-state index in [1.807, 2.05) is 13.0 Å². The first kappa shape index (κ1) is 15.0. The molecular formula is C14H16N4O2S. The Morgan fingerprint density at radius 3 is 2.90 bits per heavy atom. The normalized spacial score (nSPS) is 11.4. The second-order valence-corrected chi connectivity index (χ2v) is 5.47.